The minimum absolute atomic E-state index is 0.00135. The first kappa shape index (κ1) is 19.6. The molecule has 2 aromatic rings. The van der Waals surface area contributed by atoms with Crippen LogP contribution in [0.3, 0.4) is 0 Å². The van der Waals surface area contributed by atoms with Gasteiger partial charge in [-0.3, -0.25) is 4.79 Å². The molecule has 0 aliphatic rings. The van der Waals surface area contributed by atoms with Gasteiger partial charge in [-0.1, -0.05) is 42.3 Å². The quantitative estimate of drug-likeness (QED) is 0.754. The highest BCUT2D eigenvalue weighted by Crippen LogP contribution is 2.31. The fourth-order valence-electron chi connectivity index (χ4n) is 2.01. The lowest BCUT2D eigenvalue weighted by atomic mass is 10.3. The van der Waals surface area contributed by atoms with Gasteiger partial charge in [-0.05, 0) is 30.3 Å². The van der Waals surface area contributed by atoms with E-state index >= 15 is 0 Å². The van der Waals surface area contributed by atoms with E-state index in [2.05, 4.69) is 5.32 Å². The van der Waals surface area contributed by atoms with Gasteiger partial charge >= 0.3 is 0 Å². The van der Waals surface area contributed by atoms with Crippen LogP contribution in [0.1, 0.15) is 13.3 Å². The number of sulfone groups is 1. The van der Waals surface area contributed by atoms with Crippen LogP contribution in [0, 0.1) is 0 Å². The van der Waals surface area contributed by atoms with Crippen LogP contribution in [0.5, 0.6) is 5.75 Å². The summed E-state index contributed by atoms with van der Waals surface area (Å²) >= 11 is 11.9. The number of nitrogens with one attached hydrogen (secondary N) is 1. The lowest BCUT2D eigenvalue weighted by Gasteiger charge is -2.10. The number of ether oxygens (including phenoxy) is 1. The number of amides is 1. The van der Waals surface area contributed by atoms with Gasteiger partial charge in [0.2, 0.25) is 5.91 Å². The molecule has 25 heavy (non-hydrogen) atoms. The van der Waals surface area contributed by atoms with Crippen molar-refractivity contribution >= 4 is 44.6 Å². The van der Waals surface area contributed by atoms with Gasteiger partial charge in [0.25, 0.3) is 0 Å². The van der Waals surface area contributed by atoms with Gasteiger partial charge < -0.3 is 10.1 Å². The monoisotopic (exact) mass is 401 g/mol. The highest BCUT2D eigenvalue weighted by atomic mass is 35.5. The standard InChI is InChI=1S/C17H17Cl2NO4S/c1-2-25(22,23)13-6-3-5-12(11-13)20-16(21)9-10-24-15-8-4-7-14(18)17(15)19/h3-8,11H,2,9-10H2,1H3,(H,20,21). The summed E-state index contributed by atoms with van der Waals surface area (Å²) in [7, 11) is -3.32. The summed E-state index contributed by atoms with van der Waals surface area (Å²) in [6.07, 6.45) is 0.0770. The summed E-state index contributed by atoms with van der Waals surface area (Å²) < 4.78 is 29.2. The summed E-state index contributed by atoms with van der Waals surface area (Å²) in [4.78, 5) is 12.2. The van der Waals surface area contributed by atoms with E-state index in [1.807, 2.05) is 0 Å². The number of halogens is 2. The lowest BCUT2D eigenvalue weighted by Crippen LogP contribution is -2.15. The van der Waals surface area contributed by atoms with Crippen molar-refractivity contribution in [2.45, 2.75) is 18.2 Å². The van der Waals surface area contributed by atoms with Crippen LogP contribution in [0.2, 0.25) is 10.0 Å². The molecule has 2 rings (SSSR count). The second-order valence-electron chi connectivity index (χ2n) is 5.13. The number of hydrogen-bond acceptors (Lipinski definition) is 4. The van der Waals surface area contributed by atoms with E-state index in [-0.39, 0.29) is 29.6 Å². The van der Waals surface area contributed by atoms with Crippen LogP contribution in [0.25, 0.3) is 0 Å². The maximum atomic E-state index is 12.0. The van der Waals surface area contributed by atoms with Gasteiger partial charge in [0, 0.05) is 5.69 Å². The molecule has 0 fully saturated rings. The van der Waals surface area contributed by atoms with Crippen LogP contribution in [0.4, 0.5) is 5.69 Å². The molecule has 5 nitrogen and oxygen atoms in total. The second-order valence-corrected chi connectivity index (χ2v) is 8.19. The SMILES string of the molecule is CCS(=O)(=O)c1cccc(NC(=O)CCOc2cccc(Cl)c2Cl)c1. The Kier molecular flexibility index (Phi) is 6.70. The summed E-state index contributed by atoms with van der Waals surface area (Å²) in [5, 5.41) is 3.31. The Morgan fingerprint density at radius 3 is 2.60 bits per heavy atom. The Labute approximate surface area is 156 Å². The highest BCUT2D eigenvalue weighted by molar-refractivity contribution is 7.91. The van der Waals surface area contributed by atoms with Crippen LogP contribution >= 0.6 is 23.2 Å². The Morgan fingerprint density at radius 1 is 1.16 bits per heavy atom. The molecule has 1 amide bonds. The molecule has 0 spiro atoms. The van der Waals surface area contributed by atoms with Gasteiger partial charge in [-0.2, -0.15) is 0 Å². The van der Waals surface area contributed by atoms with Crippen molar-refractivity contribution in [3.05, 3.63) is 52.5 Å². The minimum Gasteiger partial charge on any atom is -0.491 e. The van der Waals surface area contributed by atoms with Crippen molar-refractivity contribution in [1.82, 2.24) is 0 Å². The molecule has 0 unspecified atom stereocenters. The fraction of sp³-hybridized carbons (Fsp3) is 0.235. The third kappa shape index (κ3) is 5.36. The Balaban J connectivity index is 1.93. The molecular weight excluding hydrogens is 385 g/mol. The summed E-state index contributed by atoms with van der Waals surface area (Å²) in [5.41, 5.74) is 0.417. The normalized spacial score (nSPS) is 11.2. The smallest absolute Gasteiger partial charge is 0.227 e. The molecule has 134 valence electrons. The van der Waals surface area contributed by atoms with E-state index in [4.69, 9.17) is 27.9 Å². The van der Waals surface area contributed by atoms with Crippen LogP contribution in [-0.4, -0.2) is 26.7 Å². The van der Waals surface area contributed by atoms with Crippen LogP contribution < -0.4 is 10.1 Å². The molecule has 8 heteroatoms. The third-order valence-electron chi connectivity index (χ3n) is 3.36. The van der Waals surface area contributed by atoms with Gasteiger partial charge in [-0.15, -0.1) is 0 Å². The first-order valence-electron chi connectivity index (χ1n) is 7.53. The average molecular weight is 402 g/mol. The summed E-state index contributed by atoms with van der Waals surface area (Å²) in [6, 6.07) is 11.1. The molecule has 0 aromatic heterocycles. The highest BCUT2D eigenvalue weighted by Gasteiger charge is 2.13. The van der Waals surface area contributed by atoms with Crippen molar-refractivity contribution in [3.8, 4) is 5.75 Å². The fourth-order valence-corrected chi connectivity index (χ4v) is 3.28. The molecule has 0 saturated carbocycles. The summed E-state index contributed by atoms with van der Waals surface area (Å²) in [5.74, 6) is 0.0979. The molecule has 0 aliphatic heterocycles. The predicted octanol–water partition coefficient (Wildman–Crippen LogP) is 4.19. The van der Waals surface area contributed by atoms with E-state index < -0.39 is 9.84 Å². The van der Waals surface area contributed by atoms with Gasteiger partial charge in [0.15, 0.2) is 9.84 Å². The number of carbonyl (C=O) groups is 1. The Bertz CT molecular complexity index is 869. The second kappa shape index (κ2) is 8.56. The minimum atomic E-state index is -3.32. The Morgan fingerprint density at radius 2 is 1.88 bits per heavy atom. The lowest BCUT2D eigenvalue weighted by molar-refractivity contribution is -0.116. The number of anilines is 1. The maximum Gasteiger partial charge on any atom is 0.227 e. The number of rotatable bonds is 7. The zero-order valence-electron chi connectivity index (χ0n) is 13.5. The molecule has 0 atom stereocenters. The molecule has 0 radical (unpaired) electrons. The zero-order valence-corrected chi connectivity index (χ0v) is 15.8. The van der Waals surface area contributed by atoms with E-state index in [0.717, 1.165) is 0 Å². The van der Waals surface area contributed by atoms with Crippen molar-refractivity contribution in [2.75, 3.05) is 17.7 Å². The maximum absolute atomic E-state index is 12.0. The van der Waals surface area contributed by atoms with E-state index in [0.29, 0.717) is 21.5 Å². The topological polar surface area (TPSA) is 72.5 Å². The van der Waals surface area contributed by atoms with Gasteiger partial charge in [0.1, 0.15) is 10.8 Å². The molecule has 2 aromatic carbocycles. The van der Waals surface area contributed by atoms with E-state index in [1.54, 1.807) is 37.3 Å². The zero-order chi connectivity index (χ0) is 18.4. The van der Waals surface area contributed by atoms with Crippen molar-refractivity contribution in [1.29, 1.82) is 0 Å². The Hall–Kier alpha value is -1.76. The predicted molar refractivity (Wildman–Crippen MR) is 99.4 cm³/mol. The van der Waals surface area contributed by atoms with Crippen LogP contribution in [0.15, 0.2) is 47.4 Å². The molecule has 1 N–H and O–H groups in total. The van der Waals surface area contributed by atoms with Crippen molar-refractivity contribution in [3.63, 3.8) is 0 Å². The third-order valence-corrected chi connectivity index (χ3v) is 5.89. The average Bonchev–Trinajstić information content (AvgIpc) is 2.59. The first-order chi connectivity index (χ1) is 11.8. The molecule has 0 aliphatic carbocycles. The molecule has 0 bridgehead atoms. The van der Waals surface area contributed by atoms with Gasteiger partial charge in [-0.25, -0.2) is 8.42 Å². The number of carbonyl (C=O) groups excluding carboxylic acids is 1. The van der Waals surface area contributed by atoms with Crippen molar-refractivity contribution < 1.29 is 17.9 Å². The molecule has 0 saturated heterocycles. The van der Waals surface area contributed by atoms with E-state index in [1.165, 1.54) is 12.1 Å². The van der Waals surface area contributed by atoms with E-state index in [9.17, 15) is 13.2 Å². The first-order valence-corrected chi connectivity index (χ1v) is 9.94. The molecular formula is C17H17Cl2NO4S. The largest absolute Gasteiger partial charge is 0.491 e. The molecule has 0 heterocycles. The number of benzene rings is 2. The van der Waals surface area contributed by atoms with Crippen molar-refractivity contribution in [2.24, 2.45) is 0 Å². The summed E-state index contributed by atoms with van der Waals surface area (Å²) in [6.45, 7) is 1.68. The number of hydrogen-bond donors (Lipinski definition) is 1. The van der Waals surface area contributed by atoms with Crippen LogP contribution in [-0.2, 0) is 14.6 Å². The van der Waals surface area contributed by atoms with Gasteiger partial charge in [0.05, 0.1) is 28.7 Å².